The molecule has 3 rings (SSSR count). The number of hydrogen-bond acceptors (Lipinski definition) is 1. The molecule has 23 heavy (non-hydrogen) atoms. The number of nitrogens with two attached hydrogens (primary N) is 1. The van der Waals surface area contributed by atoms with E-state index in [0.29, 0.717) is 5.92 Å². The Hall–Kier alpha value is -0.990. The summed E-state index contributed by atoms with van der Waals surface area (Å²) in [5.41, 5.74) is 7.28. The molecule has 2 aliphatic carbocycles. The van der Waals surface area contributed by atoms with E-state index in [-0.39, 0.29) is 0 Å². The molecule has 1 saturated carbocycles. The lowest BCUT2D eigenvalue weighted by molar-refractivity contribution is 0.588. The highest BCUT2D eigenvalue weighted by molar-refractivity contribution is 8.30. The average molecular weight is 330 g/mol. The summed E-state index contributed by atoms with van der Waals surface area (Å²) in [7, 11) is -1.27. The molecule has 2 aliphatic rings. The van der Waals surface area contributed by atoms with E-state index >= 15 is 0 Å². The van der Waals surface area contributed by atoms with Gasteiger partial charge in [-0.1, -0.05) is 31.2 Å². The van der Waals surface area contributed by atoms with Crippen molar-refractivity contribution in [2.45, 2.75) is 56.8 Å². The fourth-order valence-electron chi connectivity index (χ4n) is 3.92. The Kier molecular flexibility index (Phi) is 4.50. The minimum absolute atomic E-state index is 0.639. The lowest BCUT2D eigenvalue weighted by atomic mass is 9.80. The second-order valence-electron chi connectivity index (χ2n) is 7.84. The molecule has 1 atom stereocenters. The highest BCUT2D eigenvalue weighted by atomic mass is 32.3. The van der Waals surface area contributed by atoms with Crippen LogP contribution in [0.3, 0.4) is 0 Å². The zero-order valence-corrected chi connectivity index (χ0v) is 15.9. The normalized spacial score (nSPS) is 22.7. The van der Waals surface area contributed by atoms with E-state index in [4.69, 9.17) is 5.14 Å². The van der Waals surface area contributed by atoms with Gasteiger partial charge >= 0.3 is 0 Å². The Morgan fingerprint density at radius 2 is 1.96 bits per heavy atom. The predicted octanol–water partition coefficient (Wildman–Crippen LogP) is 5.88. The van der Waals surface area contributed by atoms with E-state index in [1.54, 1.807) is 0 Å². The monoisotopic (exact) mass is 329 g/mol. The lowest BCUT2D eigenvalue weighted by Crippen LogP contribution is -2.15. The molecular formula is C21H31NS. The van der Waals surface area contributed by atoms with Crippen molar-refractivity contribution in [3.8, 4) is 0 Å². The van der Waals surface area contributed by atoms with Crippen LogP contribution in [0.25, 0.3) is 12.2 Å². The number of rotatable bonds is 4. The van der Waals surface area contributed by atoms with Gasteiger partial charge in [-0.25, -0.2) is 0 Å². The van der Waals surface area contributed by atoms with Crippen molar-refractivity contribution in [1.82, 2.24) is 0 Å². The summed E-state index contributed by atoms with van der Waals surface area (Å²) in [5.74, 6) is 1.44. The maximum Gasteiger partial charge on any atom is 0.00967 e. The van der Waals surface area contributed by atoms with Gasteiger partial charge < -0.3 is 0 Å². The zero-order valence-electron chi connectivity index (χ0n) is 15.1. The zero-order chi connectivity index (χ0) is 16.8. The van der Waals surface area contributed by atoms with Gasteiger partial charge in [0.1, 0.15) is 0 Å². The quantitative estimate of drug-likeness (QED) is 0.733. The van der Waals surface area contributed by atoms with E-state index in [9.17, 15) is 0 Å². The molecule has 2 heteroatoms. The van der Waals surface area contributed by atoms with E-state index in [0.717, 1.165) is 5.92 Å². The summed E-state index contributed by atoms with van der Waals surface area (Å²) in [5, 5.41) is 6.65. The third kappa shape index (κ3) is 3.29. The van der Waals surface area contributed by atoms with Crippen LogP contribution >= 0.6 is 10.2 Å². The molecule has 0 aliphatic heterocycles. The fourth-order valence-corrected chi connectivity index (χ4v) is 5.08. The van der Waals surface area contributed by atoms with E-state index in [1.807, 2.05) is 0 Å². The van der Waals surface area contributed by atoms with Gasteiger partial charge in [0.05, 0.1) is 0 Å². The van der Waals surface area contributed by atoms with Crippen molar-refractivity contribution < 1.29 is 0 Å². The first-order chi connectivity index (χ1) is 10.8. The first-order valence-electron chi connectivity index (χ1n) is 8.84. The van der Waals surface area contributed by atoms with Crippen LogP contribution in [0.2, 0.25) is 0 Å². The second-order valence-corrected chi connectivity index (χ2v) is 11.1. The van der Waals surface area contributed by atoms with Gasteiger partial charge in [0.15, 0.2) is 0 Å². The van der Waals surface area contributed by atoms with Crippen molar-refractivity contribution in [3.63, 3.8) is 0 Å². The summed E-state index contributed by atoms with van der Waals surface area (Å²) in [4.78, 5) is 1.36. The summed E-state index contributed by atoms with van der Waals surface area (Å²) < 4.78 is 0. The Morgan fingerprint density at radius 3 is 2.52 bits per heavy atom. The van der Waals surface area contributed by atoms with Crippen LogP contribution in [0.4, 0.5) is 0 Å². The van der Waals surface area contributed by atoms with Crippen LogP contribution in [0.15, 0.2) is 23.1 Å². The SMILES string of the molecule is C=Cc1c(/C=C(\C)C2CC2)c(S(C)(C)N)cc2c1CCCC2C. The first-order valence-corrected chi connectivity index (χ1v) is 11.4. The third-order valence-electron chi connectivity index (χ3n) is 5.47. The lowest BCUT2D eigenvalue weighted by Gasteiger charge is -2.34. The van der Waals surface area contributed by atoms with Gasteiger partial charge in [0.2, 0.25) is 0 Å². The van der Waals surface area contributed by atoms with Crippen LogP contribution < -0.4 is 5.14 Å². The molecule has 0 bridgehead atoms. The summed E-state index contributed by atoms with van der Waals surface area (Å²) in [6, 6.07) is 2.44. The average Bonchev–Trinajstić information content (AvgIpc) is 3.30. The van der Waals surface area contributed by atoms with Gasteiger partial charge in [-0.15, -0.1) is 0 Å². The summed E-state index contributed by atoms with van der Waals surface area (Å²) >= 11 is 0. The molecule has 0 saturated heterocycles. The Bertz CT molecular complexity index is 659. The van der Waals surface area contributed by atoms with Gasteiger partial charge in [-0.2, -0.15) is 10.2 Å². The predicted molar refractivity (Wildman–Crippen MR) is 106 cm³/mol. The highest BCUT2D eigenvalue weighted by Gasteiger charge is 2.27. The standard InChI is InChI=1S/C21H31NS/c1-6-17-18-9-7-8-14(2)19(18)13-21(23(4,5)22)20(17)12-15(3)16-10-11-16/h6,12-14,16H,1,7-11,22H2,2-5H3/b15-12+. The van der Waals surface area contributed by atoms with Crippen molar-refractivity contribution in [1.29, 1.82) is 0 Å². The number of hydrogen-bond donors (Lipinski definition) is 1. The maximum atomic E-state index is 6.65. The molecule has 1 fully saturated rings. The molecule has 0 spiro atoms. The van der Waals surface area contributed by atoms with Crippen LogP contribution in [-0.2, 0) is 6.42 Å². The molecule has 2 N–H and O–H groups in total. The van der Waals surface area contributed by atoms with Crippen molar-refractivity contribution >= 4 is 22.4 Å². The molecule has 1 aromatic carbocycles. The molecule has 0 heterocycles. The fraction of sp³-hybridized carbons (Fsp3) is 0.524. The molecule has 0 aromatic heterocycles. The minimum Gasteiger partial charge on any atom is -0.291 e. The number of allylic oxidation sites excluding steroid dienone is 1. The summed E-state index contributed by atoms with van der Waals surface area (Å²) in [6.07, 6.45) is 15.4. The second kappa shape index (κ2) is 6.14. The highest BCUT2D eigenvalue weighted by Crippen LogP contribution is 2.49. The first kappa shape index (κ1) is 16.9. The molecular weight excluding hydrogens is 298 g/mol. The van der Waals surface area contributed by atoms with Crippen LogP contribution in [-0.4, -0.2) is 12.5 Å². The number of benzene rings is 1. The van der Waals surface area contributed by atoms with Crippen LogP contribution in [0.1, 0.15) is 67.7 Å². The van der Waals surface area contributed by atoms with Gasteiger partial charge in [0, 0.05) is 4.90 Å². The molecule has 1 aromatic rings. The number of fused-ring (bicyclic) bond motifs is 1. The van der Waals surface area contributed by atoms with E-state index in [1.165, 1.54) is 64.8 Å². The smallest absolute Gasteiger partial charge is 0.00967 e. The minimum atomic E-state index is -1.27. The topological polar surface area (TPSA) is 26.0 Å². The summed E-state index contributed by atoms with van der Waals surface area (Å²) in [6.45, 7) is 8.80. The van der Waals surface area contributed by atoms with E-state index < -0.39 is 10.2 Å². The molecule has 1 nitrogen and oxygen atoms in total. The molecule has 1 unspecified atom stereocenters. The van der Waals surface area contributed by atoms with Gasteiger partial charge in [0.25, 0.3) is 0 Å². The van der Waals surface area contributed by atoms with E-state index in [2.05, 4.69) is 51.2 Å². The third-order valence-corrected chi connectivity index (χ3v) is 6.95. The van der Waals surface area contributed by atoms with Crippen LogP contribution in [0.5, 0.6) is 0 Å². The molecule has 0 radical (unpaired) electrons. The van der Waals surface area contributed by atoms with Crippen molar-refractivity contribution in [2.75, 3.05) is 12.5 Å². The molecule has 126 valence electrons. The largest absolute Gasteiger partial charge is 0.291 e. The van der Waals surface area contributed by atoms with Gasteiger partial charge in [-0.3, -0.25) is 5.14 Å². The Labute approximate surface area is 143 Å². The molecule has 0 amide bonds. The van der Waals surface area contributed by atoms with Crippen molar-refractivity contribution in [3.05, 3.63) is 40.5 Å². The Balaban J connectivity index is 2.26. The van der Waals surface area contributed by atoms with Crippen LogP contribution in [0, 0.1) is 5.92 Å². The maximum absolute atomic E-state index is 6.65. The Morgan fingerprint density at radius 1 is 1.26 bits per heavy atom. The van der Waals surface area contributed by atoms with Gasteiger partial charge in [-0.05, 0) is 91.7 Å². The van der Waals surface area contributed by atoms with Crippen molar-refractivity contribution in [2.24, 2.45) is 11.1 Å².